The van der Waals surface area contributed by atoms with Gasteiger partial charge in [0.2, 0.25) is 5.91 Å². The quantitative estimate of drug-likeness (QED) is 0.839. The number of piperazine rings is 1. The highest BCUT2D eigenvalue weighted by Gasteiger charge is 2.35. The molecule has 1 aliphatic heterocycles. The highest BCUT2D eigenvalue weighted by molar-refractivity contribution is 5.83. The summed E-state index contributed by atoms with van der Waals surface area (Å²) < 4.78 is 0. The van der Waals surface area contributed by atoms with E-state index in [0.29, 0.717) is 26.2 Å². The molecule has 0 radical (unpaired) electrons. The lowest BCUT2D eigenvalue weighted by atomic mass is 10.0. The molecule has 1 heterocycles. The Morgan fingerprint density at radius 2 is 2.04 bits per heavy atom. The van der Waals surface area contributed by atoms with Crippen LogP contribution in [0.1, 0.15) is 18.5 Å². The van der Waals surface area contributed by atoms with E-state index in [1.807, 2.05) is 37.3 Å². The van der Waals surface area contributed by atoms with Crippen molar-refractivity contribution in [1.29, 1.82) is 0 Å². The van der Waals surface area contributed by atoms with Gasteiger partial charge >= 0.3 is 6.09 Å². The third kappa shape index (κ3) is 3.94. The first kappa shape index (κ1) is 18.0. The van der Waals surface area contributed by atoms with Gasteiger partial charge in [-0.2, -0.15) is 0 Å². The second-order valence-electron chi connectivity index (χ2n) is 6.14. The zero-order valence-corrected chi connectivity index (χ0v) is 14.3. The number of amides is 2. The third-order valence-corrected chi connectivity index (χ3v) is 4.40. The largest absolute Gasteiger partial charge is 0.465 e. The van der Waals surface area contributed by atoms with Crippen LogP contribution in [0.4, 0.5) is 4.79 Å². The van der Waals surface area contributed by atoms with Crippen molar-refractivity contribution < 1.29 is 14.7 Å². The van der Waals surface area contributed by atoms with E-state index in [2.05, 4.69) is 11.5 Å². The van der Waals surface area contributed by atoms with Crippen LogP contribution in [0.25, 0.3) is 0 Å². The molecule has 0 aromatic heterocycles. The van der Waals surface area contributed by atoms with E-state index >= 15 is 0 Å². The summed E-state index contributed by atoms with van der Waals surface area (Å²) in [5.41, 5.74) is 0.925. The first-order chi connectivity index (χ1) is 11.5. The number of hydrogen-bond donors (Lipinski definition) is 1. The summed E-state index contributed by atoms with van der Waals surface area (Å²) in [7, 11) is 1.76. The minimum absolute atomic E-state index is 0.00271. The summed E-state index contributed by atoms with van der Waals surface area (Å²) in [6.45, 7) is 7.50. The Morgan fingerprint density at radius 3 is 2.58 bits per heavy atom. The SMILES string of the molecule is C=CCN(C)C(=O)[C@@H](c1ccccc1)N1CCN(C(=O)O)[C@H](C)C1. The van der Waals surface area contributed by atoms with Gasteiger partial charge in [-0.3, -0.25) is 9.69 Å². The zero-order chi connectivity index (χ0) is 17.7. The Kier molecular flexibility index (Phi) is 5.98. The number of carboxylic acid groups (broad SMARTS) is 1. The third-order valence-electron chi connectivity index (χ3n) is 4.40. The standard InChI is InChI=1S/C18H25N3O3/c1-4-10-19(3)17(22)16(15-8-6-5-7-9-15)20-11-12-21(18(23)24)14(2)13-20/h4-9,14,16H,1,10-13H2,2-3H3,(H,23,24)/t14-,16-/m1/s1. The molecule has 1 fully saturated rings. The van der Waals surface area contributed by atoms with E-state index in [1.54, 1.807) is 18.0 Å². The number of nitrogens with zero attached hydrogens (tertiary/aromatic N) is 3. The fourth-order valence-electron chi connectivity index (χ4n) is 3.14. The molecule has 1 N–H and O–H groups in total. The van der Waals surface area contributed by atoms with Gasteiger partial charge in [0.1, 0.15) is 6.04 Å². The molecule has 0 saturated carbocycles. The van der Waals surface area contributed by atoms with Crippen molar-refractivity contribution in [2.24, 2.45) is 0 Å². The lowest BCUT2D eigenvalue weighted by Gasteiger charge is -2.42. The van der Waals surface area contributed by atoms with Gasteiger partial charge in [0, 0.05) is 39.3 Å². The van der Waals surface area contributed by atoms with Crippen molar-refractivity contribution in [1.82, 2.24) is 14.7 Å². The van der Waals surface area contributed by atoms with E-state index in [1.165, 1.54) is 4.90 Å². The molecular formula is C18H25N3O3. The van der Waals surface area contributed by atoms with Crippen molar-refractivity contribution >= 4 is 12.0 Å². The van der Waals surface area contributed by atoms with Gasteiger partial charge in [-0.15, -0.1) is 6.58 Å². The van der Waals surface area contributed by atoms with E-state index in [9.17, 15) is 14.7 Å². The van der Waals surface area contributed by atoms with Crippen molar-refractivity contribution in [2.75, 3.05) is 33.2 Å². The van der Waals surface area contributed by atoms with Gasteiger partial charge in [-0.25, -0.2) is 4.79 Å². The molecule has 2 rings (SSSR count). The number of hydrogen-bond acceptors (Lipinski definition) is 3. The summed E-state index contributed by atoms with van der Waals surface area (Å²) in [5, 5.41) is 9.24. The number of benzene rings is 1. The number of carbonyl (C=O) groups is 2. The van der Waals surface area contributed by atoms with Crippen LogP contribution >= 0.6 is 0 Å². The Morgan fingerprint density at radius 1 is 1.38 bits per heavy atom. The van der Waals surface area contributed by atoms with Crippen LogP contribution < -0.4 is 0 Å². The minimum atomic E-state index is -0.909. The molecule has 1 aliphatic rings. The summed E-state index contributed by atoms with van der Waals surface area (Å²) in [6, 6.07) is 9.08. The molecule has 1 aromatic rings. The maximum atomic E-state index is 13.0. The molecule has 2 atom stereocenters. The normalized spacial score (nSPS) is 19.6. The predicted molar refractivity (Wildman–Crippen MR) is 92.8 cm³/mol. The zero-order valence-electron chi connectivity index (χ0n) is 14.3. The molecule has 6 heteroatoms. The smallest absolute Gasteiger partial charge is 0.407 e. The molecule has 1 aromatic carbocycles. The Balaban J connectivity index is 2.25. The van der Waals surface area contributed by atoms with Gasteiger partial charge in [-0.05, 0) is 12.5 Å². The van der Waals surface area contributed by atoms with Crippen LogP contribution in [0, 0.1) is 0 Å². The average Bonchev–Trinajstić information content (AvgIpc) is 2.56. The van der Waals surface area contributed by atoms with Crippen molar-refractivity contribution in [3.05, 3.63) is 48.6 Å². The molecule has 6 nitrogen and oxygen atoms in total. The Hall–Kier alpha value is -2.34. The van der Waals surface area contributed by atoms with Crippen molar-refractivity contribution in [2.45, 2.75) is 19.0 Å². The molecule has 130 valence electrons. The van der Waals surface area contributed by atoms with E-state index in [-0.39, 0.29) is 11.9 Å². The van der Waals surface area contributed by atoms with Gasteiger partial charge in [0.25, 0.3) is 0 Å². The summed E-state index contributed by atoms with van der Waals surface area (Å²) in [6.07, 6.45) is 0.791. The fourth-order valence-corrected chi connectivity index (χ4v) is 3.14. The van der Waals surface area contributed by atoms with Crippen LogP contribution in [0.15, 0.2) is 43.0 Å². The molecule has 2 amide bonds. The fraction of sp³-hybridized carbons (Fsp3) is 0.444. The second-order valence-corrected chi connectivity index (χ2v) is 6.14. The highest BCUT2D eigenvalue weighted by atomic mass is 16.4. The molecule has 0 aliphatic carbocycles. The van der Waals surface area contributed by atoms with E-state index in [4.69, 9.17) is 0 Å². The first-order valence-corrected chi connectivity index (χ1v) is 8.10. The number of carbonyl (C=O) groups excluding carboxylic acids is 1. The monoisotopic (exact) mass is 331 g/mol. The number of likely N-dealkylation sites (N-methyl/N-ethyl adjacent to an activating group) is 1. The maximum absolute atomic E-state index is 13.0. The van der Waals surface area contributed by atoms with E-state index < -0.39 is 12.1 Å². The van der Waals surface area contributed by atoms with Crippen LogP contribution in [0.2, 0.25) is 0 Å². The number of rotatable bonds is 5. The minimum Gasteiger partial charge on any atom is -0.465 e. The van der Waals surface area contributed by atoms with Gasteiger partial charge in [0.15, 0.2) is 0 Å². The maximum Gasteiger partial charge on any atom is 0.407 e. The molecule has 24 heavy (non-hydrogen) atoms. The molecule has 0 spiro atoms. The second kappa shape index (κ2) is 7.97. The predicted octanol–water partition coefficient (Wildman–Crippen LogP) is 2.06. The molecule has 0 bridgehead atoms. The van der Waals surface area contributed by atoms with Crippen LogP contribution in [-0.2, 0) is 4.79 Å². The topological polar surface area (TPSA) is 64.1 Å². The lowest BCUT2D eigenvalue weighted by Crippen LogP contribution is -2.56. The lowest BCUT2D eigenvalue weighted by molar-refractivity contribution is -0.136. The summed E-state index contributed by atoms with van der Waals surface area (Å²) in [4.78, 5) is 29.4. The summed E-state index contributed by atoms with van der Waals surface area (Å²) in [5.74, 6) is -0.00271. The molecular weight excluding hydrogens is 306 g/mol. The van der Waals surface area contributed by atoms with Gasteiger partial charge < -0.3 is 14.9 Å². The van der Waals surface area contributed by atoms with Crippen LogP contribution in [0.3, 0.4) is 0 Å². The van der Waals surface area contributed by atoms with Crippen LogP contribution in [-0.4, -0.2) is 71.1 Å². The van der Waals surface area contributed by atoms with E-state index in [0.717, 1.165) is 5.56 Å². The molecule has 1 saturated heterocycles. The van der Waals surface area contributed by atoms with Crippen molar-refractivity contribution in [3.8, 4) is 0 Å². The van der Waals surface area contributed by atoms with Gasteiger partial charge in [-0.1, -0.05) is 36.4 Å². The van der Waals surface area contributed by atoms with Crippen LogP contribution in [0.5, 0.6) is 0 Å². The highest BCUT2D eigenvalue weighted by Crippen LogP contribution is 2.26. The van der Waals surface area contributed by atoms with Crippen molar-refractivity contribution in [3.63, 3.8) is 0 Å². The average molecular weight is 331 g/mol. The molecule has 0 unspecified atom stereocenters. The first-order valence-electron chi connectivity index (χ1n) is 8.10. The Labute approximate surface area is 143 Å². The van der Waals surface area contributed by atoms with Gasteiger partial charge in [0.05, 0.1) is 0 Å². The summed E-state index contributed by atoms with van der Waals surface area (Å²) >= 11 is 0. The Bertz CT molecular complexity index is 590.